The first-order valence-electron chi connectivity index (χ1n) is 6.82. The van der Waals surface area contributed by atoms with E-state index in [0.29, 0.717) is 22.9 Å². The molecule has 4 nitrogen and oxygen atoms in total. The minimum atomic E-state index is 0.0250. The van der Waals surface area contributed by atoms with Crippen molar-refractivity contribution >= 4 is 28.8 Å². The summed E-state index contributed by atoms with van der Waals surface area (Å²) in [5, 5.41) is 2.95. The lowest BCUT2D eigenvalue weighted by atomic mass is 9.97. The average molecular weight is 292 g/mol. The molecule has 0 spiro atoms. The number of nitrogens with two attached hydrogens (primary N) is 1. The fourth-order valence-corrected chi connectivity index (χ4v) is 2.96. The molecule has 1 aliphatic rings. The van der Waals surface area contributed by atoms with Gasteiger partial charge in [-0.25, -0.2) is 0 Å². The van der Waals surface area contributed by atoms with Crippen LogP contribution in [-0.2, 0) is 4.79 Å². The smallest absolute Gasteiger partial charge is 0.227 e. The largest absolute Gasteiger partial charge is 0.495 e. The Balaban J connectivity index is 2.27. The second kappa shape index (κ2) is 6.22. The molecule has 1 aliphatic carbocycles. The first kappa shape index (κ1) is 14.8. The zero-order chi connectivity index (χ0) is 14.7. The number of amides is 1. The second-order valence-electron chi connectivity index (χ2n) is 5.25. The van der Waals surface area contributed by atoms with Gasteiger partial charge in [-0.2, -0.15) is 0 Å². The standard InChI is InChI=1S/C15H20N2O2S/c1-9-5-3-6-10(9)15(18)17-13-11(14(16)20)7-4-8-12(13)19-2/h4,7-10H,3,5-6H2,1-2H3,(H2,16,20)(H,17,18). The maximum Gasteiger partial charge on any atom is 0.227 e. The third kappa shape index (κ3) is 2.93. The van der Waals surface area contributed by atoms with Crippen molar-refractivity contribution in [2.75, 3.05) is 12.4 Å². The van der Waals surface area contributed by atoms with Crippen LogP contribution in [0.2, 0.25) is 0 Å². The quantitative estimate of drug-likeness (QED) is 0.838. The van der Waals surface area contributed by atoms with Crippen molar-refractivity contribution in [3.8, 4) is 5.75 Å². The van der Waals surface area contributed by atoms with E-state index in [-0.39, 0.29) is 16.8 Å². The van der Waals surface area contributed by atoms with E-state index in [1.807, 2.05) is 0 Å². The van der Waals surface area contributed by atoms with Gasteiger partial charge in [-0.1, -0.05) is 31.6 Å². The van der Waals surface area contributed by atoms with E-state index in [0.717, 1.165) is 19.3 Å². The van der Waals surface area contributed by atoms with Crippen molar-refractivity contribution in [1.29, 1.82) is 0 Å². The van der Waals surface area contributed by atoms with Gasteiger partial charge in [0.15, 0.2) is 0 Å². The van der Waals surface area contributed by atoms with Crippen LogP contribution >= 0.6 is 12.2 Å². The van der Waals surface area contributed by atoms with Gasteiger partial charge in [-0.05, 0) is 30.9 Å². The summed E-state index contributed by atoms with van der Waals surface area (Å²) in [4.78, 5) is 12.7. The van der Waals surface area contributed by atoms with Gasteiger partial charge in [0.05, 0.1) is 12.8 Å². The molecular formula is C15H20N2O2S. The van der Waals surface area contributed by atoms with Crippen LogP contribution in [-0.4, -0.2) is 18.0 Å². The molecule has 1 amide bonds. The molecule has 108 valence electrons. The molecule has 20 heavy (non-hydrogen) atoms. The fraction of sp³-hybridized carbons (Fsp3) is 0.467. The lowest BCUT2D eigenvalue weighted by Crippen LogP contribution is -2.26. The van der Waals surface area contributed by atoms with Crippen molar-refractivity contribution in [3.05, 3.63) is 23.8 Å². The van der Waals surface area contributed by atoms with Crippen LogP contribution in [0.3, 0.4) is 0 Å². The molecule has 2 atom stereocenters. The van der Waals surface area contributed by atoms with Gasteiger partial charge < -0.3 is 15.8 Å². The number of methoxy groups -OCH3 is 1. The van der Waals surface area contributed by atoms with E-state index in [2.05, 4.69) is 12.2 Å². The molecule has 0 saturated heterocycles. The highest BCUT2D eigenvalue weighted by Gasteiger charge is 2.30. The van der Waals surface area contributed by atoms with Gasteiger partial charge in [0, 0.05) is 11.5 Å². The van der Waals surface area contributed by atoms with E-state index in [9.17, 15) is 4.79 Å². The first-order valence-corrected chi connectivity index (χ1v) is 7.23. The molecule has 3 N–H and O–H groups in total. The number of hydrogen-bond acceptors (Lipinski definition) is 3. The van der Waals surface area contributed by atoms with Crippen LogP contribution < -0.4 is 15.8 Å². The van der Waals surface area contributed by atoms with Crippen molar-refractivity contribution < 1.29 is 9.53 Å². The molecule has 0 heterocycles. The summed E-state index contributed by atoms with van der Waals surface area (Å²) in [7, 11) is 1.56. The van der Waals surface area contributed by atoms with E-state index < -0.39 is 0 Å². The predicted octanol–water partition coefficient (Wildman–Crippen LogP) is 2.70. The Morgan fingerprint density at radius 2 is 2.20 bits per heavy atom. The molecule has 2 rings (SSSR count). The number of anilines is 1. The zero-order valence-corrected chi connectivity index (χ0v) is 12.6. The molecule has 0 bridgehead atoms. The van der Waals surface area contributed by atoms with Crippen LogP contribution in [0.5, 0.6) is 5.75 Å². The Morgan fingerprint density at radius 1 is 1.45 bits per heavy atom. The highest BCUT2D eigenvalue weighted by atomic mass is 32.1. The summed E-state index contributed by atoms with van der Waals surface area (Å²) < 4.78 is 5.30. The van der Waals surface area contributed by atoms with Crippen LogP contribution in [0.15, 0.2) is 18.2 Å². The predicted molar refractivity (Wildman–Crippen MR) is 84.0 cm³/mol. The van der Waals surface area contributed by atoms with Gasteiger partial charge in [-0.15, -0.1) is 0 Å². The number of rotatable bonds is 4. The number of benzene rings is 1. The van der Waals surface area contributed by atoms with Gasteiger partial charge in [0.2, 0.25) is 5.91 Å². The lowest BCUT2D eigenvalue weighted by Gasteiger charge is -2.18. The van der Waals surface area contributed by atoms with Crippen LogP contribution in [0.1, 0.15) is 31.7 Å². The van der Waals surface area contributed by atoms with Crippen molar-refractivity contribution in [2.24, 2.45) is 17.6 Å². The van der Waals surface area contributed by atoms with E-state index in [4.69, 9.17) is 22.7 Å². The molecule has 5 heteroatoms. The Labute approximate surface area is 124 Å². The molecule has 0 aromatic heterocycles. The number of hydrogen-bond donors (Lipinski definition) is 2. The van der Waals surface area contributed by atoms with Crippen LogP contribution in [0.25, 0.3) is 0 Å². The third-order valence-electron chi connectivity index (χ3n) is 3.96. The minimum Gasteiger partial charge on any atom is -0.495 e. The number of carbonyl (C=O) groups excluding carboxylic acids is 1. The zero-order valence-electron chi connectivity index (χ0n) is 11.8. The van der Waals surface area contributed by atoms with Gasteiger partial charge in [0.25, 0.3) is 0 Å². The molecule has 1 saturated carbocycles. The van der Waals surface area contributed by atoms with Crippen LogP contribution in [0.4, 0.5) is 5.69 Å². The summed E-state index contributed by atoms with van der Waals surface area (Å²) >= 11 is 5.04. The van der Waals surface area contributed by atoms with E-state index in [1.165, 1.54) is 0 Å². The number of ether oxygens (including phenoxy) is 1. The van der Waals surface area contributed by atoms with Gasteiger partial charge in [0.1, 0.15) is 10.7 Å². The fourth-order valence-electron chi connectivity index (χ4n) is 2.79. The monoisotopic (exact) mass is 292 g/mol. The summed E-state index contributed by atoms with van der Waals surface area (Å²) in [5.74, 6) is 1.07. The second-order valence-corrected chi connectivity index (χ2v) is 5.69. The summed E-state index contributed by atoms with van der Waals surface area (Å²) in [5.41, 5.74) is 6.93. The number of carbonyl (C=O) groups is 1. The average Bonchev–Trinajstić information content (AvgIpc) is 2.85. The highest BCUT2D eigenvalue weighted by molar-refractivity contribution is 7.80. The Morgan fingerprint density at radius 3 is 2.75 bits per heavy atom. The molecule has 1 fully saturated rings. The normalized spacial score (nSPS) is 21.5. The van der Waals surface area contributed by atoms with Gasteiger partial charge >= 0.3 is 0 Å². The maximum atomic E-state index is 12.4. The Kier molecular flexibility index (Phi) is 4.60. The molecule has 1 aromatic carbocycles. The molecular weight excluding hydrogens is 272 g/mol. The Bertz CT molecular complexity index is 531. The number of nitrogens with one attached hydrogen (secondary N) is 1. The highest BCUT2D eigenvalue weighted by Crippen LogP contribution is 2.34. The van der Waals surface area contributed by atoms with Crippen molar-refractivity contribution in [3.63, 3.8) is 0 Å². The molecule has 0 radical (unpaired) electrons. The van der Waals surface area contributed by atoms with Gasteiger partial charge in [-0.3, -0.25) is 4.79 Å². The third-order valence-corrected chi connectivity index (χ3v) is 4.18. The molecule has 0 aliphatic heterocycles. The van der Waals surface area contributed by atoms with Crippen LogP contribution in [0, 0.1) is 11.8 Å². The number of para-hydroxylation sites is 1. The molecule has 1 aromatic rings. The number of thiocarbonyl (C=S) groups is 1. The lowest BCUT2D eigenvalue weighted by molar-refractivity contribution is -0.120. The first-order chi connectivity index (χ1) is 9.54. The maximum absolute atomic E-state index is 12.4. The summed E-state index contributed by atoms with van der Waals surface area (Å²) in [6, 6.07) is 5.38. The molecule has 2 unspecified atom stereocenters. The van der Waals surface area contributed by atoms with Crippen molar-refractivity contribution in [2.45, 2.75) is 26.2 Å². The minimum absolute atomic E-state index is 0.0250. The Hall–Kier alpha value is -1.62. The topological polar surface area (TPSA) is 64.3 Å². The summed E-state index contributed by atoms with van der Waals surface area (Å²) in [6.07, 6.45) is 3.14. The van der Waals surface area contributed by atoms with Crippen molar-refractivity contribution in [1.82, 2.24) is 0 Å². The summed E-state index contributed by atoms with van der Waals surface area (Å²) in [6.45, 7) is 2.12. The SMILES string of the molecule is COc1cccc(C(N)=S)c1NC(=O)C1CCCC1C. The van der Waals surface area contributed by atoms with E-state index >= 15 is 0 Å². The van der Waals surface area contributed by atoms with E-state index in [1.54, 1.807) is 25.3 Å².